The Hall–Kier alpha value is -1.09. The number of halogens is 1. The van der Waals surface area contributed by atoms with E-state index in [1.807, 2.05) is 6.07 Å². The van der Waals surface area contributed by atoms with Crippen molar-refractivity contribution < 1.29 is 4.39 Å². The van der Waals surface area contributed by atoms with Crippen LogP contribution in [0.5, 0.6) is 0 Å². The number of hydrogen-bond acceptors (Lipinski definition) is 2. The average Bonchev–Trinajstić information content (AvgIpc) is 3.31. The van der Waals surface area contributed by atoms with Gasteiger partial charge in [0.05, 0.1) is 0 Å². The summed E-state index contributed by atoms with van der Waals surface area (Å²) in [5, 5.41) is 3.45. The predicted molar refractivity (Wildman–Crippen MR) is 86.1 cm³/mol. The maximum atomic E-state index is 14.2. The molecule has 0 heterocycles. The first-order valence-corrected chi connectivity index (χ1v) is 8.46. The lowest BCUT2D eigenvalue weighted by Gasteiger charge is -2.30. The molecular formula is C18H27FN2. The van der Waals surface area contributed by atoms with Gasteiger partial charge >= 0.3 is 0 Å². The third-order valence-electron chi connectivity index (χ3n) is 4.91. The van der Waals surface area contributed by atoms with Crippen LogP contribution in [0, 0.1) is 11.7 Å². The van der Waals surface area contributed by atoms with Crippen LogP contribution in [0.4, 0.5) is 10.1 Å². The fourth-order valence-corrected chi connectivity index (χ4v) is 3.47. The molecule has 2 nitrogen and oxygen atoms in total. The summed E-state index contributed by atoms with van der Waals surface area (Å²) in [6.45, 7) is 1.71. The molecule has 0 bridgehead atoms. The van der Waals surface area contributed by atoms with Gasteiger partial charge in [0.15, 0.2) is 0 Å². The lowest BCUT2D eigenvalue weighted by molar-refractivity contribution is 0.362. The van der Waals surface area contributed by atoms with Gasteiger partial charge in [0, 0.05) is 37.4 Å². The largest absolute Gasteiger partial charge is 0.374 e. The Balaban J connectivity index is 1.67. The van der Waals surface area contributed by atoms with Crippen LogP contribution in [0.2, 0.25) is 0 Å². The molecule has 0 aromatic heterocycles. The van der Waals surface area contributed by atoms with Crippen LogP contribution < -0.4 is 10.2 Å². The van der Waals surface area contributed by atoms with Crippen molar-refractivity contribution in [1.29, 1.82) is 0 Å². The highest BCUT2D eigenvalue weighted by Crippen LogP contribution is 2.29. The molecule has 0 saturated heterocycles. The van der Waals surface area contributed by atoms with Crippen molar-refractivity contribution in [3.8, 4) is 0 Å². The third-order valence-corrected chi connectivity index (χ3v) is 4.91. The van der Waals surface area contributed by atoms with Gasteiger partial charge in [-0.05, 0) is 43.7 Å². The SMILES string of the molecule is CN(CC1CCCCC1)c1cccc(F)c1CNC1CC1. The Morgan fingerprint density at radius 1 is 1.14 bits per heavy atom. The van der Waals surface area contributed by atoms with Gasteiger partial charge in [-0.3, -0.25) is 0 Å². The molecule has 1 aromatic carbocycles. The van der Waals surface area contributed by atoms with Gasteiger partial charge in [-0.25, -0.2) is 4.39 Å². The molecule has 2 aliphatic carbocycles. The van der Waals surface area contributed by atoms with E-state index >= 15 is 0 Å². The van der Waals surface area contributed by atoms with E-state index in [0.717, 1.165) is 23.7 Å². The van der Waals surface area contributed by atoms with Crippen LogP contribution in [-0.2, 0) is 6.54 Å². The molecule has 1 aromatic rings. The molecule has 0 atom stereocenters. The fourth-order valence-electron chi connectivity index (χ4n) is 3.47. The van der Waals surface area contributed by atoms with E-state index in [2.05, 4.69) is 23.3 Å². The van der Waals surface area contributed by atoms with Gasteiger partial charge < -0.3 is 10.2 Å². The minimum absolute atomic E-state index is 0.0730. The minimum Gasteiger partial charge on any atom is -0.374 e. The molecule has 0 spiro atoms. The van der Waals surface area contributed by atoms with E-state index in [9.17, 15) is 4.39 Å². The second-order valence-electron chi connectivity index (χ2n) is 6.78. The van der Waals surface area contributed by atoms with Crippen molar-refractivity contribution in [2.24, 2.45) is 5.92 Å². The zero-order valence-corrected chi connectivity index (χ0v) is 13.1. The fraction of sp³-hybridized carbons (Fsp3) is 0.667. The van der Waals surface area contributed by atoms with Gasteiger partial charge in [-0.1, -0.05) is 25.3 Å². The van der Waals surface area contributed by atoms with Gasteiger partial charge in [-0.2, -0.15) is 0 Å². The van der Waals surface area contributed by atoms with Crippen LogP contribution in [0.3, 0.4) is 0 Å². The van der Waals surface area contributed by atoms with Crippen molar-refractivity contribution in [1.82, 2.24) is 5.32 Å². The Bertz CT molecular complexity index is 464. The second-order valence-corrected chi connectivity index (χ2v) is 6.78. The Morgan fingerprint density at radius 3 is 2.62 bits per heavy atom. The van der Waals surface area contributed by atoms with Gasteiger partial charge in [0.1, 0.15) is 5.82 Å². The molecule has 2 fully saturated rings. The smallest absolute Gasteiger partial charge is 0.129 e. The number of rotatable bonds is 6. The second kappa shape index (κ2) is 6.78. The zero-order valence-electron chi connectivity index (χ0n) is 13.1. The summed E-state index contributed by atoms with van der Waals surface area (Å²) in [6, 6.07) is 6.10. The standard InChI is InChI=1S/C18H27FN2/c1-21(13-14-6-3-2-4-7-14)18-9-5-8-17(19)16(18)12-20-15-10-11-15/h5,8-9,14-15,20H,2-4,6-7,10-13H2,1H3. The molecule has 3 heteroatoms. The first-order chi connectivity index (χ1) is 10.2. The first kappa shape index (κ1) is 14.8. The summed E-state index contributed by atoms with van der Waals surface area (Å²) in [7, 11) is 2.12. The molecule has 0 aliphatic heterocycles. The highest BCUT2D eigenvalue weighted by atomic mass is 19.1. The maximum absolute atomic E-state index is 14.2. The summed E-state index contributed by atoms with van der Waals surface area (Å²) in [5.41, 5.74) is 1.90. The normalized spacial score (nSPS) is 19.7. The van der Waals surface area contributed by atoms with E-state index < -0.39 is 0 Å². The highest BCUT2D eigenvalue weighted by molar-refractivity contribution is 5.53. The topological polar surface area (TPSA) is 15.3 Å². The van der Waals surface area contributed by atoms with Crippen molar-refractivity contribution in [2.75, 3.05) is 18.5 Å². The van der Waals surface area contributed by atoms with Crippen LogP contribution in [-0.4, -0.2) is 19.6 Å². The Morgan fingerprint density at radius 2 is 1.90 bits per heavy atom. The summed E-state index contributed by atoms with van der Waals surface area (Å²) in [4.78, 5) is 2.27. The Labute approximate surface area is 127 Å². The Kier molecular flexibility index (Phi) is 4.79. The molecular weight excluding hydrogens is 263 g/mol. The first-order valence-electron chi connectivity index (χ1n) is 8.46. The summed E-state index contributed by atoms with van der Waals surface area (Å²) in [5.74, 6) is 0.701. The van der Waals surface area contributed by atoms with Crippen LogP contribution in [0.1, 0.15) is 50.5 Å². The lowest BCUT2D eigenvalue weighted by Crippen LogP contribution is -2.29. The molecule has 1 N–H and O–H groups in total. The molecule has 21 heavy (non-hydrogen) atoms. The van der Waals surface area contributed by atoms with Gasteiger partial charge in [0.2, 0.25) is 0 Å². The van der Waals surface area contributed by atoms with Crippen molar-refractivity contribution >= 4 is 5.69 Å². The van der Waals surface area contributed by atoms with E-state index in [4.69, 9.17) is 0 Å². The summed E-state index contributed by atoms with van der Waals surface area (Å²) < 4.78 is 14.2. The van der Waals surface area contributed by atoms with Crippen molar-refractivity contribution in [2.45, 2.75) is 57.5 Å². The monoisotopic (exact) mass is 290 g/mol. The van der Waals surface area contributed by atoms with Crippen molar-refractivity contribution in [3.63, 3.8) is 0 Å². The molecule has 116 valence electrons. The minimum atomic E-state index is -0.0730. The zero-order chi connectivity index (χ0) is 14.7. The number of nitrogens with one attached hydrogen (secondary N) is 1. The number of hydrogen-bond donors (Lipinski definition) is 1. The summed E-state index contributed by atoms with van der Waals surface area (Å²) >= 11 is 0. The summed E-state index contributed by atoms with van der Waals surface area (Å²) in [6.07, 6.45) is 9.24. The van der Waals surface area contributed by atoms with E-state index in [1.54, 1.807) is 6.07 Å². The van der Waals surface area contributed by atoms with E-state index in [1.165, 1.54) is 44.9 Å². The van der Waals surface area contributed by atoms with Crippen LogP contribution in [0.25, 0.3) is 0 Å². The molecule has 0 radical (unpaired) electrons. The maximum Gasteiger partial charge on any atom is 0.129 e. The van der Waals surface area contributed by atoms with E-state index in [0.29, 0.717) is 12.6 Å². The predicted octanol–water partition coefficient (Wildman–Crippen LogP) is 4.09. The van der Waals surface area contributed by atoms with Gasteiger partial charge in [0.25, 0.3) is 0 Å². The molecule has 3 rings (SSSR count). The van der Waals surface area contributed by atoms with E-state index in [-0.39, 0.29) is 5.82 Å². The number of benzene rings is 1. The average molecular weight is 290 g/mol. The molecule has 0 amide bonds. The van der Waals surface area contributed by atoms with Crippen LogP contribution in [0.15, 0.2) is 18.2 Å². The molecule has 0 unspecified atom stereocenters. The van der Waals surface area contributed by atoms with Gasteiger partial charge in [-0.15, -0.1) is 0 Å². The lowest BCUT2D eigenvalue weighted by atomic mass is 9.89. The van der Waals surface area contributed by atoms with Crippen LogP contribution >= 0.6 is 0 Å². The molecule has 2 saturated carbocycles. The molecule has 2 aliphatic rings. The number of nitrogens with zero attached hydrogens (tertiary/aromatic N) is 1. The quantitative estimate of drug-likeness (QED) is 0.848. The third kappa shape index (κ3) is 3.97. The number of anilines is 1. The highest BCUT2D eigenvalue weighted by Gasteiger charge is 2.22. The van der Waals surface area contributed by atoms with Crippen molar-refractivity contribution in [3.05, 3.63) is 29.6 Å².